The number of nitrogens with zero attached hydrogens (tertiary/aromatic N) is 1. The summed E-state index contributed by atoms with van der Waals surface area (Å²) in [6, 6.07) is 1.94. The standard InChI is InChI=1S/C12H20N2O2/c1-12(2,3)15-11-8-13-6-4-9(11)10-5-7-14-16-10/h5,7,9,11,13H,4,6,8H2,1-3H3. The van der Waals surface area contributed by atoms with Crippen LogP contribution >= 0.6 is 0 Å². The molecule has 16 heavy (non-hydrogen) atoms. The molecule has 0 bridgehead atoms. The molecule has 2 rings (SSSR count). The lowest BCUT2D eigenvalue weighted by molar-refractivity contribution is -0.0798. The first-order valence-electron chi connectivity index (χ1n) is 5.85. The fraction of sp³-hybridized carbons (Fsp3) is 0.750. The van der Waals surface area contributed by atoms with Crippen LogP contribution < -0.4 is 5.32 Å². The normalized spacial score (nSPS) is 26.9. The Bertz CT molecular complexity index is 316. The highest BCUT2D eigenvalue weighted by Crippen LogP contribution is 2.29. The van der Waals surface area contributed by atoms with E-state index in [4.69, 9.17) is 9.26 Å². The summed E-state index contributed by atoms with van der Waals surface area (Å²) in [5.74, 6) is 1.26. The fourth-order valence-electron chi connectivity index (χ4n) is 2.15. The number of nitrogens with one attached hydrogen (secondary N) is 1. The van der Waals surface area contributed by atoms with E-state index in [-0.39, 0.29) is 11.7 Å². The van der Waals surface area contributed by atoms with Crippen LogP contribution in [0.2, 0.25) is 0 Å². The molecule has 0 amide bonds. The predicted molar refractivity (Wildman–Crippen MR) is 61.4 cm³/mol. The second-order valence-electron chi connectivity index (χ2n) is 5.28. The SMILES string of the molecule is CC(C)(C)OC1CNCCC1c1ccno1. The molecule has 1 aliphatic heterocycles. The first-order valence-corrected chi connectivity index (χ1v) is 5.85. The minimum atomic E-state index is -0.123. The summed E-state index contributed by atoms with van der Waals surface area (Å²) in [6.07, 6.45) is 2.91. The molecular weight excluding hydrogens is 204 g/mol. The number of ether oxygens (including phenoxy) is 1. The van der Waals surface area contributed by atoms with E-state index in [0.717, 1.165) is 25.3 Å². The Morgan fingerprint density at radius 2 is 2.31 bits per heavy atom. The van der Waals surface area contributed by atoms with E-state index >= 15 is 0 Å². The Morgan fingerprint density at radius 1 is 1.50 bits per heavy atom. The summed E-state index contributed by atoms with van der Waals surface area (Å²) < 4.78 is 11.3. The molecule has 90 valence electrons. The topological polar surface area (TPSA) is 47.3 Å². The lowest BCUT2D eigenvalue weighted by Gasteiger charge is -2.35. The monoisotopic (exact) mass is 224 g/mol. The Balaban J connectivity index is 2.08. The number of hydrogen-bond acceptors (Lipinski definition) is 4. The molecule has 1 aliphatic rings. The summed E-state index contributed by atoms with van der Waals surface area (Å²) >= 11 is 0. The third-order valence-corrected chi connectivity index (χ3v) is 2.75. The average Bonchev–Trinajstić information content (AvgIpc) is 2.69. The lowest BCUT2D eigenvalue weighted by atomic mass is 9.92. The Kier molecular flexibility index (Phi) is 3.30. The number of aromatic nitrogens is 1. The highest BCUT2D eigenvalue weighted by atomic mass is 16.5. The van der Waals surface area contributed by atoms with Gasteiger partial charge in [0.05, 0.1) is 17.9 Å². The summed E-state index contributed by atoms with van der Waals surface area (Å²) in [5.41, 5.74) is -0.123. The van der Waals surface area contributed by atoms with Crippen molar-refractivity contribution in [3.8, 4) is 0 Å². The van der Waals surface area contributed by atoms with E-state index in [1.807, 2.05) is 6.07 Å². The first kappa shape index (κ1) is 11.6. The molecule has 4 nitrogen and oxygen atoms in total. The van der Waals surface area contributed by atoms with Gasteiger partial charge in [-0.25, -0.2) is 0 Å². The van der Waals surface area contributed by atoms with Crippen molar-refractivity contribution in [3.05, 3.63) is 18.0 Å². The highest BCUT2D eigenvalue weighted by Gasteiger charge is 2.32. The molecular formula is C12H20N2O2. The van der Waals surface area contributed by atoms with Crippen molar-refractivity contribution in [3.63, 3.8) is 0 Å². The number of piperidine rings is 1. The lowest BCUT2D eigenvalue weighted by Crippen LogP contribution is -2.44. The summed E-state index contributed by atoms with van der Waals surface area (Å²) in [5, 5.41) is 7.14. The van der Waals surface area contributed by atoms with Gasteiger partial charge < -0.3 is 14.6 Å². The quantitative estimate of drug-likeness (QED) is 0.834. The van der Waals surface area contributed by atoms with Gasteiger partial charge in [0.2, 0.25) is 0 Å². The van der Waals surface area contributed by atoms with Crippen LogP contribution in [0.5, 0.6) is 0 Å². The van der Waals surface area contributed by atoms with Gasteiger partial charge in [-0.05, 0) is 33.7 Å². The Hall–Kier alpha value is -0.870. The van der Waals surface area contributed by atoms with Gasteiger partial charge in [0.15, 0.2) is 0 Å². The molecule has 2 unspecified atom stereocenters. The second-order valence-corrected chi connectivity index (χ2v) is 5.28. The minimum absolute atomic E-state index is 0.123. The van der Waals surface area contributed by atoms with Crippen LogP contribution in [0.4, 0.5) is 0 Å². The highest BCUT2D eigenvalue weighted by molar-refractivity contribution is 5.07. The molecule has 2 heterocycles. The van der Waals surface area contributed by atoms with Gasteiger partial charge in [-0.15, -0.1) is 0 Å². The van der Waals surface area contributed by atoms with Crippen molar-refractivity contribution in [1.29, 1.82) is 0 Å². The van der Waals surface area contributed by atoms with Gasteiger partial charge in [0.25, 0.3) is 0 Å². The zero-order valence-corrected chi connectivity index (χ0v) is 10.2. The molecule has 4 heteroatoms. The predicted octanol–water partition coefficient (Wildman–Crippen LogP) is 1.94. The van der Waals surface area contributed by atoms with Crippen LogP contribution in [-0.4, -0.2) is 30.0 Å². The van der Waals surface area contributed by atoms with Gasteiger partial charge in [-0.2, -0.15) is 0 Å². The zero-order valence-electron chi connectivity index (χ0n) is 10.2. The fourth-order valence-corrected chi connectivity index (χ4v) is 2.15. The molecule has 0 spiro atoms. The Morgan fingerprint density at radius 3 is 2.94 bits per heavy atom. The van der Waals surface area contributed by atoms with E-state index in [0.29, 0.717) is 5.92 Å². The van der Waals surface area contributed by atoms with Crippen LogP contribution in [-0.2, 0) is 4.74 Å². The minimum Gasteiger partial charge on any atom is -0.371 e. The third kappa shape index (κ3) is 2.83. The van der Waals surface area contributed by atoms with Crippen molar-refractivity contribution in [2.24, 2.45) is 0 Å². The zero-order chi connectivity index (χ0) is 11.6. The third-order valence-electron chi connectivity index (χ3n) is 2.75. The molecule has 1 saturated heterocycles. The van der Waals surface area contributed by atoms with Crippen LogP contribution in [0.3, 0.4) is 0 Å². The number of rotatable bonds is 2. The summed E-state index contributed by atoms with van der Waals surface area (Å²) in [6.45, 7) is 8.13. The largest absolute Gasteiger partial charge is 0.371 e. The summed E-state index contributed by atoms with van der Waals surface area (Å²) in [4.78, 5) is 0. The molecule has 0 aliphatic carbocycles. The van der Waals surface area contributed by atoms with Crippen molar-refractivity contribution in [2.75, 3.05) is 13.1 Å². The smallest absolute Gasteiger partial charge is 0.142 e. The van der Waals surface area contributed by atoms with Crippen molar-refractivity contribution in [2.45, 2.75) is 44.8 Å². The van der Waals surface area contributed by atoms with Gasteiger partial charge in [0.1, 0.15) is 5.76 Å². The van der Waals surface area contributed by atoms with Crippen molar-refractivity contribution >= 4 is 0 Å². The van der Waals surface area contributed by atoms with E-state index in [9.17, 15) is 0 Å². The Labute approximate surface area is 96.3 Å². The van der Waals surface area contributed by atoms with Crippen molar-refractivity contribution < 1.29 is 9.26 Å². The molecule has 0 radical (unpaired) electrons. The van der Waals surface area contributed by atoms with Gasteiger partial charge in [-0.3, -0.25) is 0 Å². The van der Waals surface area contributed by atoms with Crippen LogP contribution in [0.1, 0.15) is 38.9 Å². The molecule has 0 aromatic carbocycles. The van der Waals surface area contributed by atoms with Gasteiger partial charge in [-0.1, -0.05) is 5.16 Å². The molecule has 1 aromatic heterocycles. The molecule has 1 fully saturated rings. The van der Waals surface area contributed by atoms with E-state index < -0.39 is 0 Å². The summed E-state index contributed by atoms with van der Waals surface area (Å²) in [7, 11) is 0. The van der Waals surface area contributed by atoms with E-state index in [1.165, 1.54) is 0 Å². The van der Waals surface area contributed by atoms with E-state index in [1.54, 1.807) is 6.20 Å². The average molecular weight is 224 g/mol. The second kappa shape index (κ2) is 4.55. The van der Waals surface area contributed by atoms with Crippen LogP contribution in [0.15, 0.2) is 16.8 Å². The molecule has 0 saturated carbocycles. The van der Waals surface area contributed by atoms with E-state index in [2.05, 4.69) is 31.2 Å². The first-order chi connectivity index (χ1) is 7.56. The maximum atomic E-state index is 6.06. The van der Waals surface area contributed by atoms with Gasteiger partial charge in [0, 0.05) is 18.5 Å². The maximum absolute atomic E-state index is 6.06. The number of hydrogen-bond donors (Lipinski definition) is 1. The molecule has 2 atom stereocenters. The molecule has 1 N–H and O–H groups in total. The van der Waals surface area contributed by atoms with Crippen LogP contribution in [0, 0.1) is 0 Å². The van der Waals surface area contributed by atoms with Crippen molar-refractivity contribution in [1.82, 2.24) is 10.5 Å². The maximum Gasteiger partial charge on any atom is 0.142 e. The molecule has 1 aromatic rings. The van der Waals surface area contributed by atoms with Gasteiger partial charge >= 0.3 is 0 Å². The van der Waals surface area contributed by atoms with Crippen LogP contribution in [0.25, 0.3) is 0 Å².